The lowest BCUT2D eigenvalue weighted by Crippen LogP contribution is -2.19. The molecular formula is C58H47N. The standard InChI is InChI=1S/C58H47N/c1-38-31-32-51-49-29-16-17-30-52(49)58(3,4)57(51)54(38)56-47(39(2)40-19-8-5-9-20-40)33-34-50-48-28-15-14-25-44(48)35-45(55(50)56)36-46-27-18-26-43(41-21-10-6-11-22-41)37-53(59-46)42-23-12-7-13-24-42/h5-25,28-34,37,45H,2,26,35-36H2,1,3-4H3/b43-37+,59-53?. The van der Waals surface area contributed by atoms with Crippen LogP contribution in [0.3, 0.4) is 0 Å². The smallest absolute Gasteiger partial charge is 0.0831 e. The number of benzene rings is 7. The minimum atomic E-state index is -0.202. The van der Waals surface area contributed by atoms with Crippen molar-refractivity contribution in [2.45, 2.75) is 51.4 Å². The molecule has 59 heavy (non-hydrogen) atoms. The van der Waals surface area contributed by atoms with Crippen LogP contribution in [0, 0.1) is 6.92 Å². The summed E-state index contributed by atoms with van der Waals surface area (Å²) >= 11 is 0. The van der Waals surface area contributed by atoms with Crippen LogP contribution >= 0.6 is 0 Å². The predicted octanol–water partition coefficient (Wildman–Crippen LogP) is 14.7. The van der Waals surface area contributed by atoms with Crippen LogP contribution in [0.1, 0.15) is 82.7 Å². The summed E-state index contributed by atoms with van der Waals surface area (Å²) in [6.07, 6.45) is 6.91. The molecule has 0 radical (unpaired) electrons. The largest absolute Gasteiger partial charge is 0.244 e. The van der Waals surface area contributed by atoms with Gasteiger partial charge < -0.3 is 0 Å². The Morgan fingerprint density at radius 1 is 0.661 bits per heavy atom. The maximum Gasteiger partial charge on any atom is 0.0831 e. The van der Waals surface area contributed by atoms with Gasteiger partial charge in [0.15, 0.2) is 0 Å². The summed E-state index contributed by atoms with van der Waals surface area (Å²) in [6, 6.07) is 59.5. The van der Waals surface area contributed by atoms with Gasteiger partial charge in [-0.15, -0.1) is 5.73 Å². The zero-order valence-electron chi connectivity index (χ0n) is 34.1. The Balaban J connectivity index is 1.22. The molecule has 0 saturated heterocycles. The fourth-order valence-electron chi connectivity index (χ4n) is 10.1. The Bertz CT molecular complexity index is 2910. The number of aryl methyl sites for hydroxylation is 1. The number of hydrogen-bond donors (Lipinski definition) is 0. The van der Waals surface area contributed by atoms with Gasteiger partial charge in [-0.25, -0.2) is 4.99 Å². The van der Waals surface area contributed by atoms with Crippen LogP contribution in [-0.2, 0) is 11.8 Å². The second-order valence-electron chi connectivity index (χ2n) is 16.8. The van der Waals surface area contributed by atoms with Crippen molar-refractivity contribution in [2.24, 2.45) is 4.99 Å². The summed E-state index contributed by atoms with van der Waals surface area (Å²) in [5.41, 5.74) is 27.2. The first-order chi connectivity index (χ1) is 28.9. The number of allylic oxidation sites excluding steroid dienone is 3. The van der Waals surface area contributed by atoms with E-state index in [4.69, 9.17) is 11.6 Å². The maximum absolute atomic E-state index is 5.53. The van der Waals surface area contributed by atoms with E-state index < -0.39 is 0 Å². The van der Waals surface area contributed by atoms with Crippen molar-refractivity contribution in [1.29, 1.82) is 0 Å². The molecule has 0 fully saturated rings. The van der Waals surface area contributed by atoms with E-state index in [1.54, 1.807) is 0 Å². The quantitative estimate of drug-likeness (QED) is 0.144. The van der Waals surface area contributed by atoms with Gasteiger partial charge in [0.25, 0.3) is 0 Å². The zero-order valence-corrected chi connectivity index (χ0v) is 34.1. The van der Waals surface area contributed by atoms with Crippen molar-refractivity contribution < 1.29 is 0 Å². The molecule has 1 heteroatoms. The highest BCUT2D eigenvalue weighted by Gasteiger charge is 2.40. The monoisotopic (exact) mass is 757 g/mol. The molecule has 0 amide bonds. The van der Waals surface area contributed by atoms with Gasteiger partial charge in [0, 0.05) is 17.4 Å². The highest BCUT2D eigenvalue weighted by atomic mass is 14.8. The van der Waals surface area contributed by atoms with Crippen LogP contribution in [0.4, 0.5) is 0 Å². The van der Waals surface area contributed by atoms with E-state index in [1.165, 1.54) is 77.9 Å². The fraction of sp³-hybridized carbons (Fsp3) is 0.138. The Hall–Kier alpha value is -6.79. The van der Waals surface area contributed by atoms with Crippen LogP contribution < -0.4 is 0 Å². The SMILES string of the molecule is C=C(c1ccccc1)c1ccc2c(c1-c1c(C)ccc3c1C(C)(C)c1ccccc1-3)C(CC1=C=CC/C(c3ccccc3)=C\C(c3ccccc3)=N1)Cc1ccccc1-2. The van der Waals surface area contributed by atoms with Crippen molar-refractivity contribution in [3.05, 3.63) is 244 Å². The molecule has 7 aromatic rings. The molecule has 0 spiro atoms. The number of nitrogens with zero attached hydrogens (tertiary/aromatic N) is 1. The second-order valence-corrected chi connectivity index (χ2v) is 16.8. The van der Waals surface area contributed by atoms with Gasteiger partial charge in [0.05, 0.1) is 11.4 Å². The first kappa shape index (κ1) is 36.5. The Labute approximate surface area is 349 Å². The Kier molecular flexibility index (Phi) is 9.20. The Morgan fingerprint density at radius 3 is 2.07 bits per heavy atom. The Morgan fingerprint density at radius 2 is 1.31 bits per heavy atom. The van der Waals surface area contributed by atoms with Crippen LogP contribution in [0.25, 0.3) is 44.5 Å². The summed E-state index contributed by atoms with van der Waals surface area (Å²) < 4.78 is 0. The molecule has 0 bridgehead atoms. The third-order valence-corrected chi connectivity index (χ3v) is 12.9. The summed E-state index contributed by atoms with van der Waals surface area (Å²) in [7, 11) is 0. The van der Waals surface area contributed by atoms with Crippen LogP contribution in [0.2, 0.25) is 0 Å². The van der Waals surface area contributed by atoms with Crippen molar-refractivity contribution in [3.8, 4) is 33.4 Å². The molecule has 1 unspecified atom stereocenters. The highest BCUT2D eigenvalue weighted by molar-refractivity contribution is 6.13. The van der Waals surface area contributed by atoms with Crippen molar-refractivity contribution in [3.63, 3.8) is 0 Å². The molecule has 0 saturated carbocycles. The van der Waals surface area contributed by atoms with E-state index in [2.05, 4.69) is 202 Å². The summed E-state index contributed by atoms with van der Waals surface area (Å²) in [5.74, 6) is 0.134. The summed E-state index contributed by atoms with van der Waals surface area (Å²) in [4.78, 5) is 5.53. The lowest BCUT2D eigenvalue weighted by atomic mass is 9.69. The molecule has 0 N–H and O–H groups in total. The van der Waals surface area contributed by atoms with Gasteiger partial charge in [-0.1, -0.05) is 184 Å². The van der Waals surface area contributed by atoms with Gasteiger partial charge in [0.1, 0.15) is 0 Å². The second kappa shape index (κ2) is 14.9. The molecule has 1 atom stereocenters. The lowest BCUT2D eigenvalue weighted by molar-refractivity contribution is 0.656. The zero-order chi connectivity index (χ0) is 40.1. The minimum Gasteiger partial charge on any atom is -0.244 e. The van der Waals surface area contributed by atoms with Crippen molar-refractivity contribution in [2.75, 3.05) is 0 Å². The average molecular weight is 758 g/mol. The van der Waals surface area contributed by atoms with E-state index in [-0.39, 0.29) is 11.3 Å². The van der Waals surface area contributed by atoms with Gasteiger partial charge in [-0.05, 0) is 127 Å². The lowest BCUT2D eigenvalue weighted by Gasteiger charge is -2.34. The molecule has 1 nitrogen and oxygen atoms in total. The summed E-state index contributed by atoms with van der Waals surface area (Å²) in [5, 5.41) is 0. The molecule has 10 rings (SSSR count). The number of hydrogen-bond acceptors (Lipinski definition) is 1. The normalized spacial score (nSPS) is 16.9. The molecule has 0 aromatic heterocycles. The molecular weight excluding hydrogens is 711 g/mol. The van der Waals surface area contributed by atoms with Crippen LogP contribution in [-0.4, -0.2) is 5.71 Å². The van der Waals surface area contributed by atoms with Gasteiger partial charge in [-0.3, -0.25) is 0 Å². The molecule has 2 aliphatic carbocycles. The fourth-order valence-corrected chi connectivity index (χ4v) is 10.1. The van der Waals surface area contributed by atoms with Gasteiger partial charge in [0.2, 0.25) is 0 Å². The number of rotatable bonds is 7. The van der Waals surface area contributed by atoms with E-state index in [0.717, 1.165) is 47.4 Å². The van der Waals surface area contributed by atoms with E-state index >= 15 is 0 Å². The molecule has 1 aliphatic heterocycles. The average Bonchev–Trinajstić information content (AvgIpc) is 3.50. The van der Waals surface area contributed by atoms with E-state index in [1.807, 2.05) is 0 Å². The van der Waals surface area contributed by atoms with E-state index in [0.29, 0.717) is 0 Å². The molecule has 1 heterocycles. The van der Waals surface area contributed by atoms with E-state index in [9.17, 15) is 0 Å². The molecule has 284 valence electrons. The summed E-state index contributed by atoms with van der Waals surface area (Å²) in [6.45, 7) is 12.0. The van der Waals surface area contributed by atoms with Crippen LogP contribution in [0.15, 0.2) is 199 Å². The minimum absolute atomic E-state index is 0.134. The van der Waals surface area contributed by atoms with Crippen LogP contribution in [0.5, 0.6) is 0 Å². The first-order valence-electron chi connectivity index (χ1n) is 20.9. The number of fused-ring (bicyclic) bond motifs is 6. The predicted molar refractivity (Wildman–Crippen MR) is 249 cm³/mol. The van der Waals surface area contributed by atoms with Gasteiger partial charge in [-0.2, -0.15) is 0 Å². The van der Waals surface area contributed by atoms with Gasteiger partial charge >= 0.3 is 0 Å². The third-order valence-electron chi connectivity index (χ3n) is 12.9. The first-order valence-corrected chi connectivity index (χ1v) is 20.9. The topological polar surface area (TPSA) is 12.4 Å². The number of aliphatic imine (C=N–C) groups is 1. The molecule has 7 aromatic carbocycles. The van der Waals surface area contributed by atoms with Crippen molar-refractivity contribution >= 4 is 16.9 Å². The maximum atomic E-state index is 5.53. The third kappa shape index (κ3) is 6.40. The molecule has 3 aliphatic rings. The van der Waals surface area contributed by atoms with Crippen molar-refractivity contribution in [1.82, 2.24) is 0 Å². The highest BCUT2D eigenvalue weighted by Crippen LogP contribution is 2.57.